The Hall–Kier alpha value is -2.64. The first-order chi connectivity index (χ1) is 12.5. The van der Waals surface area contributed by atoms with E-state index in [0.29, 0.717) is 16.5 Å². The zero-order valence-electron chi connectivity index (χ0n) is 13.4. The predicted molar refractivity (Wildman–Crippen MR) is 98.9 cm³/mol. The van der Waals surface area contributed by atoms with Crippen LogP contribution in [0.1, 0.15) is 11.4 Å². The molecule has 1 aromatic heterocycles. The van der Waals surface area contributed by atoms with Crippen molar-refractivity contribution in [3.63, 3.8) is 0 Å². The molecule has 0 spiro atoms. The van der Waals surface area contributed by atoms with Crippen molar-refractivity contribution in [2.45, 2.75) is 19.1 Å². The van der Waals surface area contributed by atoms with E-state index in [2.05, 4.69) is 4.98 Å². The van der Waals surface area contributed by atoms with E-state index in [1.807, 2.05) is 6.07 Å². The van der Waals surface area contributed by atoms with Gasteiger partial charge in [0.25, 0.3) is 5.91 Å². The van der Waals surface area contributed by atoms with Crippen molar-refractivity contribution in [3.05, 3.63) is 52.5 Å². The van der Waals surface area contributed by atoms with Crippen LogP contribution in [0.5, 0.6) is 5.75 Å². The normalized spacial score (nSPS) is 16.4. The summed E-state index contributed by atoms with van der Waals surface area (Å²) in [5.74, 6) is -0.983. The molecule has 0 saturated heterocycles. The van der Waals surface area contributed by atoms with Gasteiger partial charge in [-0.25, -0.2) is 4.98 Å². The second-order valence-corrected chi connectivity index (χ2v) is 7.37. The second kappa shape index (κ2) is 6.59. The predicted octanol–water partition coefficient (Wildman–Crippen LogP) is 3.72. The Morgan fingerprint density at radius 2 is 2.12 bits per heavy atom. The average Bonchev–Trinajstić information content (AvgIpc) is 2.99. The van der Waals surface area contributed by atoms with Gasteiger partial charge in [-0.05, 0) is 30.3 Å². The van der Waals surface area contributed by atoms with E-state index in [4.69, 9.17) is 21.4 Å². The molecule has 8 heteroatoms. The Balaban J connectivity index is 1.70. The van der Waals surface area contributed by atoms with Crippen LogP contribution < -0.4 is 9.64 Å². The number of thiazole rings is 1. The smallest absolute Gasteiger partial charge is 0.307 e. The topological polar surface area (TPSA) is 79.7 Å². The third-order valence-corrected chi connectivity index (χ3v) is 5.27. The van der Waals surface area contributed by atoms with E-state index in [9.17, 15) is 9.59 Å². The number of carboxylic acids is 1. The van der Waals surface area contributed by atoms with Crippen molar-refractivity contribution in [2.75, 3.05) is 4.90 Å². The highest BCUT2D eigenvalue weighted by molar-refractivity contribution is 7.18. The first-order valence-electron chi connectivity index (χ1n) is 7.85. The number of hydrogen-bond acceptors (Lipinski definition) is 5. The van der Waals surface area contributed by atoms with Gasteiger partial charge in [0.15, 0.2) is 6.10 Å². The van der Waals surface area contributed by atoms with Crippen molar-refractivity contribution in [3.8, 4) is 5.75 Å². The minimum absolute atomic E-state index is 0.242. The number of ether oxygens (including phenoxy) is 1. The lowest BCUT2D eigenvalue weighted by Gasteiger charge is -2.33. The van der Waals surface area contributed by atoms with Crippen LogP contribution in [-0.4, -0.2) is 28.1 Å². The second-order valence-electron chi connectivity index (χ2n) is 5.82. The van der Waals surface area contributed by atoms with Crippen LogP contribution in [-0.2, 0) is 16.1 Å². The van der Waals surface area contributed by atoms with Gasteiger partial charge in [0.1, 0.15) is 10.8 Å². The van der Waals surface area contributed by atoms with Crippen LogP contribution in [0.4, 0.5) is 5.69 Å². The third-order valence-electron chi connectivity index (χ3n) is 4.01. The zero-order chi connectivity index (χ0) is 18.3. The highest BCUT2D eigenvalue weighted by Gasteiger charge is 2.36. The third kappa shape index (κ3) is 3.11. The molecule has 6 nitrogen and oxygen atoms in total. The maximum absolute atomic E-state index is 12.8. The molecule has 26 heavy (non-hydrogen) atoms. The summed E-state index contributed by atoms with van der Waals surface area (Å²) < 4.78 is 6.56. The Labute approximate surface area is 157 Å². The number of carboxylic acid groups (broad SMARTS) is 1. The number of rotatable bonds is 4. The minimum atomic E-state index is -1.09. The molecule has 132 valence electrons. The van der Waals surface area contributed by atoms with Crippen LogP contribution in [0.2, 0.25) is 5.02 Å². The number of carbonyl (C=O) groups excluding carboxylic acids is 1. The number of anilines is 1. The molecular weight excluding hydrogens is 376 g/mol. The fraction of sp³-hybridized carbons (Fsp3) is 0.167. The highest BCUT2D eigenvalue weighted by atomic mass is 35.5. The van der Waals surface area contributed by atoms with E-state index >= 15 is 0 Å². The van der Waals surface area contributed by atoms with Crippen LogP contribution in [0, 0.1) is 0 Å². The Bertz CT molecular complexity index is 1020. The molecule has 0 fully saturated rings. The molecule has 0 aliphatic carbocycles. The fourth-order valence-electron chi connectivity index (χ4n) is 2.88. The van der Waals surface area contributed by atoms with Crippen molar-refractivity contribution in [1.29, 1.82) is 0 Å². The van der Waals surface area contributed by atoms with Gasteiger partial charge in [-0.1, -0.05) is 23.7 Å². The van der Waals surface area contributed by atoms with Crippen LogP contribution >= 0.6 is 22.9 Å². The van der Waals surface area contributed by atoms with Crippen LogP contribution in [0.25, 0.3) is 10.2 Å². The van der Waals surface area contributed by atoms with E-state index in [1.54, 1.807) is 36.4 Å². The van der Waals surface area contributed by atoms with Gasteiger partial charge >= 0.3 is 5.97 Å². The number of aromatic nitrogens is 1. The summed E-state index contributed by atoms with van der Waals surface area (Å²) in [5, 5.41) is 10.4. The SMILES string of the molecule is O=C(O)CC1Oc2ccccc2N(Cc2nc3cc(Cl)ccc3s2)C1=O. The largest absolute Gasteiger partial charge is 0.481 e. The van der Waals surface area contributed by atoms with Gasteiger partial charge in [-0.3, -0.25) is 14.5 Å². The molecule has 1 aliphatic heterocycles. The first-order valence-corrected chi connectivity index (χ1v) is 9.04. The van der Waals surface area contributed by atoms with Gasteiger partial charge in [-0.2, -0.15) is 0 Å². The molecule has 2 aromatic carbocycles. The Kier molecular flexibility index (Phi) is 4.26. The van der Waals surface area contributed by atoms with Crippen LogP contribution in [0.3, 0.4) is 0 Å². The lowest BCUT2D eigenvalue weighted by molar-refractivity contribution is -0.142. The summed E-state index contributed by atoms with van der Waals surface area (Å²) >= 11 is 7.48. The van der Waals surface area contributed by atoms with Gasteiger partial charge in [0.05, 0.1) is 28.9 Å². The highest BCUT2D eigenvalue weighted by Crippen LogP contribution is 2.36. The molecule has 2 heterocycles. The van der Waals surface area contributed by atoms with Crippen molar-refractivity contribution >= 4 is 50.7 Å². The molecular formula is C18H13ClN2O4S. The number of halogens is 1. The summed E-state index contributed by atoms with van der Waals surface area (Å²) in [5.41, 5.74) is 1.38. The molecule has 0 bridgehead atoms. The molecule has 4 rings (SSSR count). The summed E-state index contributed by atoms with van der Waals surface area (Å²) in [6.07, 6.45) is -1.44. The fourth-order valence-corrected chi connectivity index (χ4v) is 3.98. The number of nitrogens with zero attached hydrogens (tertiary/aromatic N) is 2. The summed E-state index contributed by atoms with van der Waals surface area (Å²) in [6, 6.07) is 12.5. The maximum atomic E-state index is 12.8. The lowest BCUT2D eigenvalue weighted by atomic mass is 10.1. The number of fused-ring (bicyclic) bond motifs is 2. The lowest BCUT2D eigenvalue weighted by Crippen LogP contribution is -2.46. The number of hydrogen-bond donors (Lipinski definition) is 1. The molecule has 1 unspecified atom stereocenters. The molecule has 1 amide bonds. The number of amides is 1. The van der Waals surface area contributed by atoms with Gasteiger partial charge < -0.3 is 9.84 Å². The van der Waals surface area contributed by atoms with Gasteiger partial charge in [0.2, 0.25) is 0 Å². The number of benzene rings is 2. The van der Waals surface area contributed by atoms with Crippen LogP contribution in [0.15, 0.2) is 42.5 Å². The zero-order valence-corrected chi connectivity index (χ0v) is 15.0. The monoisotopic (exact) mass is 388 g/mol. The quantitative estimate of drug-likeness (QED) is 0.736. The Morgan fingerprint density at radius 1 is 1.31 bits per heavy atom. The number of carbonyl (C=O) groups is 2. The standard InChI is InChI=1S/C18H13ClN2O4S/c19-10-5-6-15-11(7-10)20-16(26-15)9-21-12-3-1-2-4-13(12)25-14(18(21)24)8-17(22)23/h1-7,14H,8-9H2,(H,22,23). The molecule has 0 radical (unpaired) electrons. The molecule has 3 aromatic rings. The number of aliphatic carboxylic acids is 1. The summed E-state index contributed by atoms with van der Waals surface area (Å²) in [6.45, 7) is 0.242. The average molecular weight is 389 g/mol. The first kappa shape index (κ1) is 16.8. The number of para-hydroxylation sites is 2. The Morgan fingerprint density at radius 3 is 2.92 bits per heavy atom. The van der Waals surface area contributed by atoms with E-state index in [1.165, 1.54) is 16.2 Å². The van der Waals surface area contributed by atoms with Crippen molar-refractivity contribution in [1.82, 2.24) is 4.98 Å². The van der Waals surface area contributed by atoms with E-state index in [-0.39, 0.29) is 18.9 Å². The molecule has 1 aliphatic rings. The van der Waals surface area contributed by atoms with Gasteiger partial charge in [-0.15, -0.1) is 11.3 Å². The minimum Gasteiger partial charge on any atom is -0.481 e. The van der Waals surface area contributed by atoms with E-state index < -0.39 is 12.1 Å². The molecule has 1 atom stereocenters. The summed E-state index contributed by atoms with van der Waals surface area (Å²) in [7, 11) is 0. The molecule has 1 N–H and O–H groups in total. The van der Waals surface area contributed by atoms with E-state index in [0.717, 1.165) is 15.2 Å². The van der Waals surface area contributed by atoms with Crippen molar-refractivity contribution < 1.29 is 19.4 Å². The van der Waals surface area contributed by atoms with Gasteiger partial charge in [0, 0.05) is 5.02 Å². The van der Waals surface area contributed by atoms with Crippen molar-refractivity contribution in [2.24, 2.45) is 0 Å². The maximum Gasteiger partial charge on any atom is 0.307 e. The molecule has 0 saturated carbocycles. The summed E-state index contributed by atoms with van der Waals surface area (Å²) in [4.78, 5) is 29.9.